The first-order valence-corrected chi connectivity index (χ1v) is 7.87. The first kappa shape index (κ1) is 16.5. The topological polar surface area (TPSA) is 92.7 Å². The van der Waals surface area contributed by atoms with Gasteiger partial charge in [-0.25, -0.2) is 0 Å². The Bertz CT molecular complexity index is 726. The van der Waals surface area contributed by atoms with E-state index in [2.05, 4.69) is 10.2 Å². The van der Waals surface area contributed by atoms with Crippen LogP contribution in [0.2, 0.25) is 0 Å². The van der Waals surface area contributed by atoms with E-state index in [9.17, 15) is 15.0 Å². The molecule has 3 rings (SSSR count). The molecule has 1 aliphatic heterocycles. The van der Waals surface area contributed by atoms with Crippen LogP contribution < -0.4 is 0 Å². The highest BCUT2D eigenvalue weighted by Gasteiger charge is 2.39. The Labute approximate surface area is 140 Å². The summed E-state index contributed by atoms with van der Waals surface area (Å²) in [4.78, 5) is 16.2. The Morgan fingerprint density at radius 1 is 1.38 bits per heavy atom. The normalized spacial score (nSPS) is 20.8. The van der Waals surface area contributed by atoms with Crippen LogP contribution in [0.3, 0.4) is 0 Å². The lowest BCUT2D eigenvalue weighted by atomic mass is 10.0. The summed E-state index contributed by atoms with van der Waals surface area (Å²) in [6, 6.07) is 8.33. The van der Waals surface area contributed by atoms with Gasteiger partial charge in [0, 0.05) is 18.7 Å². The fourth-order valence-corrected chi connectivity index (χ4v) is 3.13. The third-order valence-corrected chi connectivity index (χ3v) is 4.20. The SMILES string of the molecule is CN(C)C[C@]1(O)CCN(C(=O)c2cc(-c3ccc(O)cc3)n[nH]2)C1. The summed E-state index contributed by atoms with van der Waals surface area (Å²) in [5, 5.41) is 26.8. The lowest BCUT2D eigenvalue weighted by Gasteiger charge is -2.26. The molecule has 0 aliphatic carbocycles. The summed E-state index contributed by atoms with van der Waals surface area (Å²) in [6.45, 7) is 1.37. The maximum atomic E-state index is 12.6. The monoisotopic (exact) mass is 330 g/mol. The number of β-amino-alcohol motifs (C(OH)–C–C–N with tert-alkyl or cyclic N) is 1. The summed E-state index contributed by atoms with van der Waals surface area (Å²) >= 11 is 0. The van der Waals surface area contributed by atoms with E-state index in [0.29, 0.717) is 37.4 Å². The average molecular weight is 330 g/mol. The fraction of sp³-hybridized carbons (Fsp3) is 0.412. The van der Waals surface area contributed by atoms with Crippen molar-refractivity contribution >= 4 is 5.91 Å². The number of benzene rings is 1. The molecule has 1 saturated heterocycles. The van der Waals surface area contributed by atoms with Gasteiger partial charge in [0.1, 0.15) is 11.4 Å². The molecule has 1 fully saturated rings. The number of aliphatic hydroxyl groups is 1. The van der Waals surface area contributed by atoms with Crippen molar-refractivity contribution < 1.29 is 15.0 Å². The van der Waals surface area contributed by atoms with Gasteiger partial charge in [0.15, 0.2) is 0 Å². The minimum atomic E-state index is -0.862. The molecule has 0 bridgehead atoms. The molecule has 7 heteroatoms. The number of carbonyl (C=O) groups excluding carboxylic acids is 1. The number of aromatic hydroxyl groups is 1. The van der Waals surface area contributed by atoms with Crippen molar-refractivity contribution in [3.63, 3.8) is 0 Å². The van der Waals surface area contributed by atoms with Gasteiger partial charge in [-0.2, -0.15) is 5.10 Å². The summed E-state index contributed by atoms with van der Waals surface area (Å²) in [5.74, 6) is 0.0186. The van der Waals surface area contributed by atoms with Gasteiger partial charge < -0.3 is 20.0 Å². The first-order valence-electron chi connectivity index (χ1n) is 7.87. The van der Waals surface area contributed by atoms with Crippen LogP contribution in [-0.2, 0) is 0 Å². The molecular formula is C17H22N4O3. The van der Waals surface area contributed by atoms with E-state index < -0.39 is 5.60 Å². The van der Waals surface area contributed by atoms with E-state index >= 15 is 0 Å². The Kier molecular flexibility index (Phi) is 4.29. The maximum Gasteiger partial charge on any atom is 0.271 e. The van der Waals surface area contributed by atoms with E-state index in [4.69, 9.17) is 0 Å². The van der Waals surface area contributed by atoms with Crippen LogP contribution >= 0.6 is 0 Å². The third kappa shape index (κ3) is 3.42. The number of amides is 1. The number of rotatable bonds is 4. The minimum absolute atomic E-state index is 0.165. The molecule has 3 N–H and O–H groups in total. The molecule has 1 atom stereocenters. The first-order chi connectivity index (χ1) is 11.4. The Hall–Kier alpha value is -2.38. The number of likely N-dealkylation sites (tertiary alicyclic amines) is 1. The molecular weight excluding hydrogens is 308 g/mol. The smallest absolute Gasteiger partial charge is 0.271 e. The Balaban J connectivity index is 1.71. The van der Waals surface area contributed by atoms with Gasteiger partial charge in [-0.05, 0) is 50.8 Å². The summed E-state index contributed by atoms with van der Waals surface area (Å²) in [6.07, 6.45) is 0.565. The van der Waals surface area contributed by atoms with Gasteiger partial charge in [0.05, 0.1) is 17.8 Å². The van der Waals surface area contributed by atoms with Crippen LogP contribution in [0.25, 0.3) is 11.3 Å². The molecule has 1 amide bonds. The molecule has 0 radical (unpaired) electrons. The zero-order valence-electron chi connectivity index (χ0n) is 13.9. The molecule has 1 aromatic heterocycles. The quantitative estimate of drug-likeness (QED) is 0.775. The Morgan fingerprint density at radius 3 is 2.75 bits per heavy atom. The molecule has 0 spiro atoms. The van der Waals surface area contributed by atoms with E-state index in [1.54, 1.807) is 35.2 Å². The second kappa shape index (κ2) is 6.26. The van der Waals surface area contributed by atoms with Crippen LogP contribution in [0.5, 0.6) is 5.75 Å². The van der Waals surface area contributed by atoms with Crippen molar-refractivity contribution in [3.05, 3.63) is 36.0 Å². The number of aromatic nitrogens is 2. The average Bonchev–Trinajstić information content (AvgIpc) is 3.14. The number of phenols is 1. The number of phenolic OH excluding ortho intramolecular Hbond substituents is 1. The van der Waals surface area contributed by atoms with E-state index in [1.807, 2.05) is 19.0 Å². The van der Waals surface area contributed by atoms with Crippen LogP contribution in [0, 0.1) is 0 Å². The zero-order chi connectivity index (χ0) is 17.3. The van der Waals surface area contributed by atoms with Gasteiger partial charge in [-0.1, -0.05) is 0 Å². The van der Waals surface area contributed by atoms with Gasteiger partial charge in [-0.15, -0.1) is 0 Å². The highest BCUT2D eigenvalue weighted by Crippen LogP contribution is 2.25. The summed E-state index contributed by atoms with van der Waals surface area (Å²) in [7, 11) is 3.81. The van der Waals surface area contributed by atoms with Crippen molar-refractivity contribution in [2.24, 2.45) is 0 Å². The van der Waals surface area contributed by atoms with Crippen molar-refractivity contribution in [1.82, 2.24) is 20.0 Å². The van der Waals surface area contributed by atoms with E-state index in [-0.39, 0.29) is 11.7 Å². The van der Waals surface area contributed by atoms with E-state index in [0.717, 1.165) is 5.56 Å². The van der Waals surface area contributed by atoms with Crippen LogP contribution in [0.1, 0.15) is 16.9 Å². The number of H-pyrrole nitrogens is 1. The number of nitrogens with one attached hydrogen (secondary N) is 1. The molecule has 0 saturated carbocycles. The van der Waals surface area contributed by atoms with Crippen molar-refractivity contribution in [1.29, 1.82) is 0 Å². The molecule has 2 aromatic rings. The van der Waals surface area contributed by atoms with Crippen LogP contribution in [0.4, 0.5) is 0 Å². The van der Waals surface area contributed by atoms with Crippen LogP contribution in [-0.4, -0.2) is 75.4 Å². The highest BCUT2D eigenvalue weighted by molar-refractivity contribution is 5.93. The molecule has 1 aromatic carbocycles. The summed E-state index contributed by atoms with van der Waals surface area (Å²) in [5.41, 5.74) is 0.987. The summed E-state index contributed by atoms with van der Waals surface area (Å²) < 4.78 is 0. The second-order valence-corrected chi connectivity index (χ2v) is 6.65. The molecule has 1 aliphatic rings. The number of carbonyl (C=O) groups is 1. The number of nitrogens with zero attached hydrogens (tertiary/aromatic N) is 3. The highest BCUT2D eigenvalue weighted by atomic mass is 16.3. The van der Waals surface area contributed by atoms with E-state index in [1.165, 1.54) is 0 Å². The molecule has 2 heterocycles. The number of hydrogen-bond acceptors (Lipinski definition) is 5. The van der Waals surface area contributed by atoms with Crippen molar-refractivity contribution in [2.45, 2.75) is 12.0 Å². The van der Waals surface area contributed by atoms with Gasteiger partial charge in [-0.3, -0.25) is 9.89 Å². The number of hydrogen-bond donors (Lipinski definition) is 3. The maximum absolute atomic E-state index is 12.6. The van der Waals surface area contributed by atoms with Gasteiger partial charge in [0.25, 0.3) is 5.91 Å². The largest absolute Gasteiger partial charge is 0.508 e. The number of aromatic amines is 1. The third-order valence-electron chi connectivity index (χ3n) is 4.20. The minimum Gasteiger partial charge on any atom is -0.508 e. The lowest BCUT2D eigenvalue weighted by Crippen LogP contribution is -2.43. The molecule has 128 valence electrons. The molecule has 7 nitrogen and oxygen atoms in total. The predicted octanol–water partition coefficient (Wildman–Crippen LogP) is 0.921. The molecule has 24 heavy (non-hydrogen) atoms. The molecule has 0 unspecified atom stereocenters. The van der Waals surface area contributed by atoms with Crippen molar-refractivity contribution in [2.75, 3.05) is 33.7 Å². The van der Waals surface area contributed by atoms with Gasteiger partial charge in [0.2, 0.25) is 0 Å². The Morgan fingerprint density at radius 2 is 2.08 bits per heavy atom. The van der Waals surface area contributed by atoms with Crippen molar-refractivity contribution in [3.8, 4) is 17.0 Å². The second-order valence-electron chi connectivity index (χ2n) is 6.65. The number of likely N-dealkylation sites (N-methyl/N-ethyl adjacent to an activating group) is 1. The van der Waals surface area contributed by atoms with Gasteiger partial charge >= 0.3 is 0 Å². The predicted molar refractivity (Wildman–Crippen MR) is 89.7 cm³/mol. The standard InChI is InChI=1S/C17H22N4O3/c1-20(2)10-17(24)7-8-21(11-17)16(23)15-9-14(18-19-15)12-3-5-13(22)6-4-12/h3-6,9,22,24H,7-8,10-11H2,1-2H3,(H,18,19)/t17-/m1/s1. The lowest BCUT2D eigenvalue weighted by molar-refractivity contribution is 0.0235. The zero-order valence-corrected chi connectivity index (χ0v) is 13.9. The van der Waals surface area contributed by atoms with Crippen LogP contribution in [0.15, 0.2) is 30.3 Å². The fourth-order valence-electron chi connectivity index (χ4n) is 3.13.